The molecule has 2 aromatic carbocycles. The van der Waals surface area contributed by atoms with Gasteiger partial charge in [0.1, 0.15) is 11.4 Å². The monoisotopic (exact) mass is 433 g/mol. The lowest BCUT2D eigenvalue weighted by molar-refractivity contribution is 0.198. The summed E-state index contributed by atoms with van der Waals surface area (Å²) in [4.78, 5) is 15.9. The minimum atomic E-state index is -1.03. The molecule has 0 aliphatic carbocycles. The molecule has 2 atom stereocenters. The molecule has 4 aromatic rings. The number of aromatic amines is 1. The summed E-state index contributed by atoms with van der Waals surface area (Å²) in [5.41, 5.74) is 3.03. The third kappa shape index (κ3) is 4.54. The lowest BCUT2D eigenvalue weighted by Crippen LogP contribution is -2.17. The molecule has 0 aliphatic rings. The van der Waals surface area contributed by atoms with Crippen molar-refractivity contribution in [2.24, 2.45) is 0 Å². The molecule has 2 heterocycles. The fraction of sp³-hybridized carbons (Fsp3) is 0.240. The number of anilines is 1. The van der Waals surface area contributed by atoms with Crippen LogP contribution in [0.5, 0.6) is 5.75 Å². The van der Waals surface area contributed by atoms with Crippen LogP contribution in [0.3, 0.4) is 0 Å². The van der Waals surface area contributed by atoms with E-state index in [1.54, 1.807) is 29.7 Å². The smallest absolute Gasteiger partial charge is 0.256 e. The molecule has 4 rings (SSSR count). The number of ether oxygens (including phenoxy) is 1. The molecule has 4 N–H and O–H groups in total. The second-order valence-corrected chi connectivity index (χ2v) is 8.04. The highest BCUT2D eigenvalue weighted by atomic mass is 16.5. The van der Waals surface area contributed by atoms with Crippen LogP contribution in [-0.2, 0) is 0 Å². The third-order valence-corrected chi connectivity index (χ3v) is 5.13. The quantitative estimate of drug-likeness (QED) is 0.326. The molecule has 7 nitrogen and oxygen atoms in total. The Kier molecular flexibility index (Phi) is 6.03. The van der Waals surface area contributed by atoms with Gasteiger partial charge in [0.15, 0.2) is 6.23 Å². The van der Waals surface area contributed by atoms with E-state index >= 15 is 0 Å². The van der Waals surface area contributed by atoms with Crippen LogP contribution in [-0.4, -0.2) is 25.9 Å². The van der Waals surface area contributed by atoms with Crippen molar-refractivity contribution in [1.82, 2.24) is 9.55 Å². The lowest BCUT2D eigenvalue weighted by atomic mass is 10.1. The summed E-state index contributed by atoms with van der Waals surface area (Å²) >= 11 is 0. The van der Waals surface area contributed by atoms with Crippen LogP contribution in [0, 0.1) is 0 Å². The average Bonchev–Trinajstić information content (AvgIpc) is 3.19. The Hall–Kier alpha value is -3.55. The van der Waals surface area contributed by atoms with E-state index in [1.165, 1.54) is 6.07 Å². The molecular formula is C25H27N3O4. The zero-order valence-electron chi connectivity index (χ0n) is 18.2. The maximum atomic E-state index is 12.7. The van der Waals surface area contributed by atoms with E-state index in [0.717, 1.165) is 16.7 Å². The minimum Gasteiger partial charge on any atom is -0.491 e. The summed E-state index contributed by atoms with van der Waals surface area (Å²) in [6.07, 6.45) is -1.57. The van der Waals surface area contributed by atoms with Crippen molar-refractivity contribution < 1.29 is 14.9 Å². The van der Waals surface area contributed by atoms with Crippen molar-refractivity contribution in [3.8, 4) is 11.4 Å². The van der Waals surface area contributed by atoms with E-state index in [-0.39, 0.29) is 11.7 Å². The number of pyridine rings is 1. The predicted molar refractivity (Wildman–Crippen MR) is 125 cm³/mol. The second-order valence-electron chi connectivity index (χ2n) is 8.04. The molecule has 7 heteroatoms. The van der Waals surface area contributed by atoms with Crippen LogP contribution in [0.25, 0.3) is 16.7 Å². The number of nitrogens with zero attached hydrogens (tertiary/aromatic N) is 1. The van der Waals surface area contributed by atoms with Crippen LogP contribution in [0.15, 0.2) is 71.5 Å². The zero-order valence-corrected chi connectivity index (χ0v) is 18.2. The van der Waals surface area contributed by atoms with E-state index in [1.807, 2.05) is 56.3 Å². The highest BCUT2D eigenvalue weighted by Crippen LogP contribution is 2.25. The van der Waals surface area contributed by atoms with Crippen molar-refractivity contribution in [1.29, 1.82) is 0 Å². The first-order chi connectivity index (χ1) is 15.3. The van der Waals surface area contributed by atoms with Gasteiger partial charge < -0.3 is 25.3 Å². The minimum absolute atomic E-state index is 0.0632. The topological polar surface area (TPSA) is 99.5 Å². The first-order valence-electron chi connectivity index (χ1n) is 10.6. The second kappa shape index (κ2) is 8.90. The Bertz CT molecular complexity index is 1270. The van der Waals surface area contributed by atoms with E-state index in [4.69, 9.17) is 4.74 Å². The number of aliphatic hydroxyl groups is 2. The Morgan fingerprint density at radius 3 is 2.41 bits per heavy atom. The van der Waals surface area contributed by atoms with Gasteiger partial charge in [-0.15, -0.1) is 0 Å². The van der Waals surface area contributed by atoms with E-state index in [2.05, 4.69) is 10.3 Å². The van der Waals surface area contributed by atoms with Gasteiger partial charge in [0.05, 0.1) is 23.6 Å². The fourth-order valence-corrected chi connectivity index (χ4v) is 3.61. The number of hydrogen-bond acceptors (Lipinski definition) is 5. The summed E-state index contributed by atoms with van der Waals surface area (Å²) in [7, 11) is 0. The molecule has 0 saturated carbocycles. The van der Waals surface area contributed by atoms with Gasteiger partial charge >= 0.3 is 0 Å². The summed E-state index contributed by atoms with van der Waals surface area (Å²) in [5.74, 6) is 0.732. The van der Waals surface area contributed by atoms with Crippen LogP contribution in [0.4, 0.5) is 5.69 Å². The van der Waals surface area contributed by atoms with Crippen molar-refractivity contribution in [2.75, 3.05) is 5.32 Å². The molecule has 0 aliphatic heterocycles. The highest BCUT2D eigenvalue weighted by Gasteiger charge is 2.15. The van der Waals surface area contributed by atoms with E-state index < -0.39 is 12.3 Å². The number of aliphatic hydroxyl groups excluding tert-OH is 2. The molecule has 166 valence electrons. The van der Waals surface area contributed by atoms with Crippen LogP contribution >= 0.6 is 0 Å². The van der Waals surface area contributed by atoms with Crippen LogP contribution in [0.1, 0.15) is 44.4 Å². The largest absolute Gasteiger partial charge is 0.491 e. The average molecular weight is 434 g/mol. The van der Waals surface area contributed by atoms with Crippen molar-refractivity contribution >= 4 is 16.7 Å². The number of fused-ring (bicyclic) bond motifs is 1. The molecule has 32 heavy (non-hydrogen) atoms. The third-order valence-electron chi connectivity index (χ3n) is 5.13. The van der Waals surface area contributed by atoms with Gasteiger partial charge in [-0.25, -0.2) is 0 Å². The Labute approximate surface area is 185 Å². The predicted octanol–water partition coefficient (Wildman–Crippen LogP) is 4.26. The summed E-state index contributed by atoms with van der Waals surface area (Å²) in [6, 6.07) is 19.6. The Morgan fingerprint density at radius 2 is 1.72 bits per heavy atom. The van der Waals surface area contributed by atoms with Gasteiger partial charge in [0.2, 0.25) is 0 Å². The van der Waals surface area contributed by atoms with Crippen LogP contribution in [0.2, 0.25) is 0 Å². The normalized spacial score (nSPS) is 13.3. The van der Waals surface area contributed by atoms with Crippen LogP contribution < -0.4 is 15.6 Å². The number of hydrogen-bond donors (Lipinski definition) is 4. The van der Waals surface area contributed by atoms with Crippen molar-refractivity contribution in [3.05, 3.63) is 88.3 Å². The Morgan fingerprint density at radius 1 is 0.969 bits per heavy atom. The molecule has 0 amide bonds. The van der Waals surface area contributed by atoms with Gasteiger partial charge in [-0.1, -0.05) is 12.1 Å². The van der Waals surface area contributed by atoms with Crippen molar-refractivity contribution in [2.45, 2.75) is 39.2 Å². The molecule has 2 aromatic heterocycles. The fourth-order valence-electron chi connectivity index (χ4n) is 3.61. The summed E-state index contributed by atoms with van der Waals surface area (Å²) in [6.45, 7) is 5.60. The zero-order chi connectivity index (χ0) is 22.8. The number of benzene rings is 2. The van der Waals surface area contributed by atoms with Gasteiger partial charge in [-0.3, -0.25) is 9.36 Å². The molecule has 0 saturated heterocycles. The molecular weight excluding hydrogens is 406 g/mol. The number of aromatic nitrogens is 2. The molecule has 0 spiro atoms. The molecule has 2 unspecified atom stereocenters. The maximum absolute atomic E-state index is 12.7. The van der Waals surface area contributed by atoms with Gasteiger partial charge in [0, 0.05) is 17.1 Å². The number of nitrogens with one attached hydrogen (secondary N) is 2. The summed E-state index contributed by atoms with van der Waals surface area (Å²) < 4.78 is 7.25. The van der Waals surface area contributed by atoms with Gasteiger partial charge in [-0.05, 0) is 74.9 Å². The first kappa shape index (κ1) is 21.7. The number of H-pyrrole nitrogens is 1. The standard InChI is InChI=1S/C25H27N3O4/c1-15(2)32-21-10-8-20(9-11-21)28-23(30)12-7-18-14-22(27-24(18)28)25(31)26-19-6-4-5-17(13-19)16(3)29/h4-16,25-27,29,31H,1-3H3. The number of rotatable bonds is 7. The molecule has 0 bridgehead atoms. The van der Waals surface area contributed by atoms with Gasteiger partial charge in [0.25, 0.3) is 5.56 Å². The van der Waals surface area contributed by atoms with E-state index in [9.17, 15) is 15.0 Å². The van der Waals surface area contributed by atoms with Gasteiger partial charge in [-0.2, -0.15) is 0 Å². The molecule has 0 fully saturated rings. The van der Waals surface area contributed by atoms with E-state index in [0.29, 0.717) is 22.7 Å². The lowest BCUT2D eigenvalue weighted by Gasteiger charge is -2.14. The SMILES string of the molecule is CC(C)Oc1ccc(-n2c(=O)ccc3cc(C(O)Nc4cccc(C(C)O)c4)[nH]c32)cc1. The summed E-state index contributed by atoms with van der Waals surface area (Å²) in [5, 5.41) is 24.3. The molecule has 0 radical (unpaired) electrons. The first-order valence-corrected chi connectivity index (χ1v) is 10.6. The Balaban J connectivity index is 1.66. The van der Waals surface area contributed by atoms with Crippen molar-refractivity contribution in [3.63, 3.8) is 0 Å². The maximum Gasteiger partial charge on any atom is 0.256 e. The highest BCUT2D eigenvalue weighted by molar-refractivity contribution is 5.79.